The van der Waals surface area contributed by atoms with Crippen LogP contribution < -0.4 is 0 Å². The topological polar surface area (TPSA) is 75.3 Å². The lowest BCUT2D eigenvalue weighted by atomic mass is 10.1. The summed E-state index contributed by atoms with van der Waals surface area (Å²) >= 11 is 0. The maximum Gasteiger partial charge on any atom is 0.335 e. The molecule has 0 aliphatic rings. The number of carbonyl (C=O) groups is 1. The van der Waals surface area contributed by atoms with E-state index in [0.717, 1.165) is 16.6 Å². The van der Waals surface area contributed by atoms with Crippen molar-refractivity contribution in [1.29, 1.82) is 0 Å². The third-order valence-corrected chi connectivity index (χ3v) is 3.35. The first-order valence-corrected chi connectivity index (χ1v) is 6.60. The van der Waals surface area contributed by atoms with Gasteiger partial charge >= 0.3 is 5.97 Å². The molecule has 0 radical (unpaired) electrons. The van der Waals surface area contributed by atoms with E-state index in [1.54, 1.807) is 18.2 Å². The number of aliphatic hydroxyl groups is 1. The maximum absolute atomic E-state index is 11.1. The molecule has 0 saturated carbocycles. The summed E-state index contributed by atoms with van der Waals surface area (Å²) < 4.78 is 1.90. The summed E-state index contributed by atoms with van der Waals surface area (Å²) in [4.78, 5) is 15.7. The first kappa shape index (κ1) is 13.3. The number of fused-ring (bicyclic) bond motifs is 1. The molecule has 0 atom stereocenters. The Bertz CT molecular complexity index is 808. The van der Waals surface area contributed by atoms with Crippen LogP contribution in [0.2, 0.25) is 0 Å². The third kappa shape index (κ3) is 2.39. The molecule has 5 nitrogen and oxygen atoms in total. The second kappa shape index (κ2) is 5.38. The number of benzene rings is 2. The molecule has 1 aromatic heterocycles. The van der Waals surface area contributed by atoms with Gasteiger partial charge < -0.3 is 14.8 Å². The molecular formula is C16H14N2O3. The summed E-state index contributed by atoms with van der Waals surface area (Å²) in [5, 5.41) is 18.4. The predicted octanol–water partition coefficient (Wildman–Crippen LogP) is 2.39. The number of carboxylic acids is 1. The van der Waals surface area contributed by atoms with E-state index in [1.165, 1.54) is 0 Å². The fourth-order valence-corrected chi connectivity index (χ4v) is 2.41. The summed E-state index contributed by atoms with van der Waals surface area (Å²) in [6.45, 7) is 0.402. The van der Waals surface area contributed by atoms with Gasteiger partial charge in [-0.1, -0.05) is 24.3 Å². The van der Waals surface area contributed by atoms with Gasteiger partial charge in [-0.2, -0.15) is 0 Å². The Balaban J connectivity index is 2.21. The summed E-state index contributed by atoms with van der Waals surface area (Å²) in [5.74, 6) is -0.310. The van der Waals surface area contributed by atoms with E-state index in [-0.39, 0.29) is 12.2 Å². The van der Waals surface area contributed by atoms with Crippen LogP contribution in [0.5, 0.6) is 0 Å². The molecule has 3 aromatic rings. The number of para-hydroxylation sites is 2. The molecule has 0 unspecified atom stereocenters. The summed E-state index contributed by atoms with van der Waals surface area (Å²) in [6.07, 6.45) is 0. The van der Waals surface area contributed by atoms with Crippen LogP contribution in [-0.2, 0) is 6.54 Å². The molecular weight excluding hydrogens is 268 g/mol. The molecule has 1 heterocycles. The molecule has 2 aromatic carbocycles. The van der Waals surface area contributed by atoms with Gasteiger partial charge in [-0.15, -0.1) is 0 Å². The van der Waals surface area contributed by atoms with E-state index in [1.807, 2.05) is 34.9 Å². The van der Waals surface area contributed by atoms with Gasteiger partial charge in [-0.3, -0.25) is 0 Å². The van der Waals surface area contributed by atoms with Crippen LogP contribution in [0, 0.1) is 0 Å². The van der Waals surface area contributed by atoms with Crippen molar-refractivity contribution in [1.82, 2.24) is 9.55 Å². The SMILES string of the molecule is O=C(O)c1cccc(-c2nc3ccccc3n2CCO)c1. The highest BCUT2D eigenvalue weighted by atomic mass is 16.4. The van der Waals surface area contributed by atoms with Gasteiger partial charge in [0.25, 0.3) is 0 Å². The molecule has 0 aliphatic carbocycles. The van der Waals surface area contributed by atoms with Gasteiger partial charge in [0, 0.05) is 12.1 Å². The standard InChI is InChI=1S/C16H14N2O3/c19-9-8-18-14-7-2-1-6-13(14)17-15(18)11-4-3-5-12(10-11)16(20)21/h1-7,10,19H,8-9H2,(H,20,21). The van der Waals surface area contributed by atoms with Crippen molar-refractivity contribution >= 4 is 17.0 Å². The second-order valence-corrected chi connectivity index (χ2v) is 4.69. The van der Waals surface area contributed by atoms with Crippen molar-refractivity contribution in [3.05, 3.63) is 54.1 Å². The molecule has 3 rings (SSSR count). The summed E-state index contributed by atoms with van der Waals surface area (Å²) in [7, 11) is 0. The van der Waals surface area contributed by atoms with Gasteiger partial charge in [0.2, 0.25) is 0 Å². The number of nitrogens with zero attached hydrogens (tertiary/aromatic N) is 2. The van der Waals surface area contributed by atoms with Crippen LogP contribution in [0.4, 0.5) is 0 Å². The Hall–Kier alpha value is -2.66. The zero-order valence-corrected chi connectivity index (χ0v) is 11.2. The minimum Gasteiger partial charge on any atom is -0.478 e. The molecule has 0 saturated heterocycles. The van der Waals surface area contributed by atoms with Crippen molar-refractivity contribution in [2.45, 2.75) is 6.54 Å². The molecule has 5 heteroatoms. The minimum atomic E-state index is -0.971. The normalized spacial score (nSPS) is 10.9. The van der Waals surface area contributed by atoms with E-state index in [0.29, 0.717) is 12.4 Å². The van der Waals surface area contributed by atoms with Gasteiger partial charge in [-0.05, 0) is 24.3 Å². The lowest BCUT2D eigenvalue weighted by molar-refractivity contribution is 0.0697. The molecule has 21 heavy (non-hydrogen) atoms. The van der Waals surface area contributed by atoms with Gasteiger partial charge in [0.05, 0.1) is 23.2 Å². The highest BCUT2D eigenvalue weighted by Gasteiger charge is 2.13. The van der Waals surface area contributed by atoms with Crippen molar-refractivity contribution in [3.8, 4) is 11.4 Å². The second-order valence-electron chi connectivity index (χ2n) is 4.69. The average Bonchev–Trinajstić information content (AvgIpc) is 2.87. The largest absolute Gasteiger partial charge is 0.478 e. The number of imidazole rings is 1. The Morgan fingerprint density at radius 2 is 1.95 bits per heavy atom. The highest BCUT2D eigenvalue weighted by Crippen LogP contribution is 2.25. The number of hydrogen-bond donors (Lipinski definition) is 2. The zero-order chi connectivity index (χ0) is 14.8. The minimum absolute atomic E-state index is 0.00796. The lowest BCUT2D eigenvalue weighted by Gasteiger charge is -2.08. The first-order chi connectivity index (χ1) is 10.2. The molecule has 2 N–H and O–H groups in total. The monoisotopic (exact) mass is 282 g/mol. The quantitative estimate of drug-likeness (QED) is 0.770. The molecule has 0 amide bonds. The van der Waals surface area contributed by atoms with E-state index in [4.69, 9.17) is 5.11 Å². The third-order valence-electron chi connectivity index (χ3n) is 3.35. The van der Waals surface area contributed by atoms with E-state index < -0.39 is 5.97 Å². The molecule has 106 valence electrons. The lowest BCUT2D eigenvalue weighted by Crippen LogP contribution is -2.04. The van der Waals surface area contributed by atoms with Crippen molar-refractivity contribution in [3.63, 3.8) is 0 Å². The fraction of sp³-hybridized carbons (Fsp3) is 0.125. The van der Waals surface area contributed by atoms with Gasteiger partial charge in [0.15, 0.2) is 0 Å². The van der Waals surface area contributed by atoms with Crippen LogP contribution in [0.1, 0.15) is 10.4 Å². The predicted molar refractivity (Wildman–Crippen MR) is 79.2 cm³/mol. The van der Waals surface area contributed by atoms with Crippen LogP contribution in [0.25, 0.3) is 22.4 Å². The maximum atomic E-state index is 11.1. The van der Waals surface area contributed by atoms with Crippen LogP contribution in [0.15, 0.2) is 48.5 Å². The molecule has 0 fully saturated rings. The number of aromatic carboxylic acids is 1. The fourth-order valence-electron chi connectivity index (χ4n) is 2.41. The molecule has 0 bridgehead atoms. The van der Waals surface area contributed by atoms with Crippen LogP contribution in [-0.4, -0.2) is 32.3 Å². The average molecular weight is 282 g/mol. The Morgan fingerprint density at radius 1 is 1.14 bits per heavy atom. The Morgan fingerprint density at radius 3 is 2.71 bits per heavy atom. The Kier molecular flexibility index (Phi) is 3.41. The van der Waals surface area contributed by atoms with Crippen LogP contribution >= 0.6 is 0 Å². The van der Waals surface area contributed by atoms with E-state index in [9.17, 15) is 9.90 Å². The number of carboxylic acid groups (broad SMARTS) is 1. The Labute approximate surface area is 121 Å². The number of aromatic nitrogens is 2. The highest BCUT2D eigenvalue weighted by molar-refractivity contribution is 5.89. The van der Waals surface area contributed by atoms with Crippen molar-refractivity contribution in [2.75, 3.05) is 6.61 Å². The summed E-state index contributed by atoms with van der Waals surface area (Å²) in [5.41, 5.74) is 2.68. The number of rotatable bonds is 4. The smallest absolute Gasteiger partial charge is 0.335 e. The van der Waals surface area contributed by atoms with Gasteiger partial charge in [0.1, 0.15) is 5.82 Å². The van der Waals surface area contributed by atoms with E-state index >= 15 is 0 Å². The van der Waals surface area contributed by atoms with E-state index in [2.05, 4.69) is 4.98 Å². The van der Waals surface area contributed by atoms with Gasteiger partial charge in [-0.25, -0.2) is 9.78 Å². The van der Waals surface area contributed by atoms with Crippen LogP contribution in [0.3, 0.4) is 0 Å². The number of aliphatic hydroxyl groups excluding tert-OH is 1. The van der Waals surface area contributed by atoms with Crippen molar-refractivity contribution < 1.29 is 15.0 Å². The molecule has 0 aliphatic heterocycles. The molecule has 0 spiro atoms. The summed E-state index contributed by atoms with van der Waals surface area (Å²) in [6, 6.07) is 14.3. The van der Waals surface area contributed by atoms with Crippen molar-refractivity contribution in [2.24, 2.45) is 0 Å². The first-order valence-electron chi connectivity index (χ1n) is 6.60. The number of hydrogen-bond acceptors (Lipinski definition) is 3. The zero-order valence-electron chi connectivity index (χ0n) is 11.2.